The van der Waals surface area contributed by atoms with E-state index in [4.69, 9.17) is 9.47 Å². The maximum atomic E-state index is 13.3. The summed E-state index contributed by atoms with van der Waals surface area (Å²) in [5, 5.41) is 1.80. The minimum absolute atomic E-state index is 0.311. The highest BCUT2D eigenvalue weighted by Gasteiger charge is 2.30. The molecule has 0 saturated heterocycles. The van der Waals surface area contributed by atoms with Crippen LogP contribution in [-0.2, 0) is 24.1 Å². The van der Waals surface area contributed by atoms with Crippen molar-refractivity contribution in [1.82, 2.24) is 19.4 Å². The van der Waals surface area contributed by atoms with E-state index >= 15 is 0 Å². The summed E-state index contributed by atoms with van der Waals surface area (Å²) < 4.78 is 13.9. The highest BCUT2D eigenvalue weighted by molar-refractivity contribution is 7.98. The summed E-state index contributed by atoms with van der Waals surface area (Å²) in [6, 6.07) is 11.9. The van der Waals surface area contributed by atoms with Crippen molar-refractivity contribution in [3.63, 3.8) is 0 Å². The maximum absolute atomic E-state index is 13.3. The van der Waals surface area contributed by atoms with Crippen molar-refractivity contribution in [1.29, 1.82) is 0 Å². The molecule has 7 nitrogen and oxygen atoms in total. The van der Waals surface area contributed by atoms with Crippen molar-refractivity contribution in [2.45, 2.75) is 24.2 Å². The van der Waals surface area contributed by atoms with Crippen LogP contribution in [0.15, 0.2) is 60.0 Å². The Bertz CT molecular complexity index is 1340. The minimum Gasteiger partial charge on any atom is -0.477 e. The zero-order valence-corrected chi connectivity index (χ0v) is 20.3. The molecule has 1 aromatic carbocycles. The van der Waals surface area contributed by atoms with Crippen LogP contribution in [0.5, 0.6) is 5.75 Å². The molecule has 4 aromatic rings. The number of hydrogen-bond acceptors (Lipinski definition) is 7. The van der Waals surface area contributed by atoms with Crippen molar-refractivity contribution >= 4 is 28.6 Å². The molecule has 0 bridgehead atoms. The molecule has 0 unspecified atom stereocenters. The number of pyridine rings is 2. The van der Waals surface area contributed by atoms with Gasteiger partial charge in [0.1, 0.15) is 12.5 Å². The highest BCUT2D eigenvalue weighted by atomic mass is 32.2. The summed E-state index contributed by atoms with van der Waals surface area (Å²) in [5.74, 6) is 1.08. The van der Waals surface area contributed by atoms with Crippen molar-refractivity contribution in [2.75, 3.05) is 20.4 Å². The van der Waals surface area contributed by atoms with Crippen LogP contribution in [0.3, 0.4) is 0 Å². The molecule has 8 heteroatoms. The molecule has 4 heterocycles. The lowest BCUT2D eigenvalue weighted by Gasteiger charge is -2.28. The zero-order valence-electron chi connectivity index (χ0n) is 19.4. The monoisotopic (exact) mass is 474 g/mol. The lowest BCUT2D eigenvalue weighted by molar-refractivity contribution is 0.0527. The van der Waals surface area contributed by atoms with Crippen LogP contribution in [-0.4, -0.2) is 45.8 Å². The van der Waals surface area contributed by atoms with Crippen LogP contribution < -0.4 is 4.74 Å². The van der Waals surface area contributed by atoms with Gasteiger partial charge in [-0.15, -0.1) is 11.8 Å². The van der Waals surface area contributed by atoms with Gasteiger partial charge >= 0.3 is 5.97 Å². The van der Waals surface area contributed by atoms with Crippen LogP contribution in [0.4, 0.5) is 0 Å². The molecule has 34 heavy (non-hydrogen) atoms. The summed E-state index contributed by atoms with van der Waals surface area (Å²) in [5.41, 5.74) is 5.43. The fourth-order valence-electron chi connectivity index (χ4n) is 4.42. The first kappa shape index (κ1) is 22.4. The lowest BCUT2D eigenvalue weighted by atomic mass is 9.96. The molecule has 1 aliphatic heterocycles. The predicted octanol–water partition coefficient (Wildman–Crippen LogP) is 4.89. The molecule has 3 aromatic heterocycles. The van der Waals surface area contributed by atoms with Crippen LogP contribution in [0, 0.1) is 0 Å². The summed E-state index contributed by atoms with van der Waals surface area (Å²) in [4.78, 5) is 24.1. The smallest absolute Gasteiger partial charge is 0.340 e. The van der Waals surface area contributed by atoms with E-state index in [1.807, 2.05) is 57.5 Å². The molecule has 0 aliphatic carbocycles. The third-order valence-corrected chi connectivity index (χ3v) is 6.92. The Morgan fingerprint density at radius 1 is 1.21 bits per heavy atom. The first-order chi connectivity index (χ1) is 16.6. The van der Waals surface area contributed by atoms with E-state index in [-0.39, 0.29) is 5.97 Å². The number of aromatic nitrogens is 3. The molecule has 0 saturated carbocycles. The number of esters is 1. The van der Waals surface area contributed by atoms with Crippen LogP contribution in [0.25, 0.3) is 22.0 Å². The second-order valence-electron chi connectivity index (χ2n) is 8.21. The molecular formula is C26H26N4O3S. The van der Waals surface area contributed by atoms with Gasteiger partial charge in [-0.05, 0) is 38.2 Å². The normalized spacial score (nSPS) is 13.5. The van der Waals surface area contributed by atoms with Crippen molar-refractivity contribution in [3.8, 4) is 16.9 Å². The minimum atomic E-state index is -0.311. The van der Waals surface area contributed by atoms with Crippen LogP contribution in [0.1, 0.15) is 28.5 Å². The number of fused-ring (bicyclic) bond motifs is 3. The van der Waals surface area contributed by atoms with Crippen molar-refractivity contribution in [3.05, 3.63) is 71.8 Å². The van der Waals surface area contributed by atoms with Gasteiger partial charge < -0.3 is 14.0 Å². The summed E-state index contributed by atoms with van der Waals surface area (Å²) in [7, 11) is 4.02. The van der Waals surface area contributed by atoms with E-state index in [0.29, 0.717) is 31.2 Å². The standard InChI is InChI=1S/C26H26N4O3S/c1-4-32-26(31)24-21(15-34-22-9-5-6-11-28-22)30(3)20-12-18(17-8-7-10-27-13-17)25-19(23(20)24)14-29(2)16-33-25/h5-13H,4,14-16H2,1-3H3. The van der Waals surface area contributed by atoms with Crippen LogP contribution >= 0.6 is 11.8 Å². The Morgan fingerprint density at radius 2 is 2.09 bits per heavy atom. The van der Waals surface area contributed by atoms with Gasteiger partial charge in [-0.1, -0.05) is 12.1 Å². The van der Waals surface area contributed by atoms with Gasteiger partial charge in [0.05, 0.1) is 22.7 Å². The lowest BCUT2D eigenvalue weighted by Crippen LogP contribution is -2.28. The predicted molar refractivity (Wildman–Crippen MR) is 133 cm³/mol. The Labute approximate surface area is 202 Å². The molecule has 0 fully saturated rings. The number of thioether (sulfide) groups is 1. The molecule has 5 rings (SSSR count). The third-order valence-electron chi connectivity index (χ3n) is 5.97. The van der Waals surface area contributed by atoms with Gasteiger partial charge in [0, 0.05) is 65.7 Å². The fourth-order valence-corrected chi connectivity index (χ4v) is 5.35. The SMILES string of the molecule is CCOC(=O)c1c(CSc2ccccn2)n(C)c2cc(-c3cccnc3)c3c(c12)CN(C)CO3. The van der Waals surface area contributed by atoms with Crippen molar-refractivity contribution < 1.29 is 14.3 Å². The third kappa shape index (κ3) is 4.03. The maximum Gasteiger partial charge on any atom is 0.340 e. The molecule has 0 atom stereocenters. The van der Waals surface area contributed by atoms with E-state index in [1.165, 1.54) is 0 Å². The average molecular weight is 475 g/mol. The molecule has 1 aliphatic rings. The first-order valence-electron chi connectivity index (χ1n) is 11.2. The molecule has 0 N–H and O–H groups in total. The average Bonchev–Trinajstić information content (AvgIpc) is 3.15. The zero-order chi connectivity index (χ0) is 23.7. The second-order valence-corrected chi connectivity index (χ2v) is 9.21. The number of rotatable bonds is 6. The Balaban J connectivity index is 1.75. The van der Waals surface area contributed by atoms with E-state index in [2.05, 4.69) is 25.5 Å². The van der Waals surface area contributed by atoms with Gasteiger partial charge in [-0.2, -0.15) is 0 Å². The van der Waals surface area contributed by atoms with E-state index in [1.54, 1.807) is 24.2 Å². The molecule has 174 valence electrons. The van der Waals surface area contributed by atoms with Gasteiger partial charge in [0.2, 0.25) is 0 Å². The topological polar surface area (TPSA) is 69.5 Å². The number of nitrogens with zero attached hydrogens (tertiary/aromatic N) is 4. The Kier molecular flexibility index (Phi) is 6.26. The fraction of sp³-hybridized carbons (Fsp3) is 0.269. The highest BCUT2D eigenvalue weighted by Crippen LogP contribution is 2.44. The van der Waals surface area contributed by atoms with Gasteiger partial charge in [0.25, 0.3) is 0 Å². The number of carbonyl (C=O) groups excluding carboxylic acids is 1. The quantitative estimate of drug-likeness (QED) is 0.291. The summed E-state index contributed by atoms with van der Waals surface area (Å²) in [6.45, 7) is 3.30. The molecular weight excluding hydrogens is 448 g/mol. The van der Waals surface area contributed by atoms with E-state index in [9.17, 15) is 4.79 Å². The Morgan fingerprint density at radius 3 is 2.82 bits per heavy atom. The van der Waals surface area contributed by atoms with Gasteiger partial charge in [-0.3, -0.25) is 9.88 Å². The first-order valence-corrected chi connectivity index (χ1v) is 12.2. The molecule has 0 amide bonds. The Hall–Kier alpha value is -3.36. The van der Waals surface area contributed by atoms with E-state index in [0.717, 1.165) is 44.1 Å². The number of ether oxygens (including phenoxy) is 2. The largest absolute Gasteiger partial charge is 0.477 e. The van der Waals surface area contributed by atoms with E-state index < -0.39 is 0 Å². The summed E-state index contributed by atoms with van der Waals surface area (Å²) >= 11 is 1.60. The number of hydrogen-bond donors (Lipinski definition) is 0. The molecule has 0 spiro atoms. The van der Waals surface area contributed by atoms with Crippen molar-refractivity contribution in [2.24, 2.45) is 7.05 Å². The number of benzene rings is 1. The second kappa shape index (κ2) is 9.48. The van der Waals surface area contributed by atoms with Gasteiger partial charge in [0.15, 0.2) is 0 Å². The van der Waals surface area contributed by atoms with Crippen LogP contribution in [0.2, 0.25) is 0 Å². The molecule has 0 radical (unpaired) electrons. The van der Waals surface area contributed by atoms with Gasteiger partial charge in [-0.25, -0.2) is 9.78 Å². The number of carbonyl (C=O) groups is 1. The number of aryl methyl sites for hydroxylation is 1. The summed E-state index contributed by atoms with van der Waals surface area (Å²) in [6.07, 6.45) is 5.38.